The summed E-state index contributed by atoms with van der Waals surface area (Å²) in [6, 6.07) is 9.78. The molecule has 130 valence electrons. The van der Waals surface area contributed by atoms with Gasteiger partial charge >= 0.3 is 5.97 Å². The average Bonchev–Trinajstić information content (AvgIpc) is 2.57. The van der Waals surface area contributed by atoms with Crippen LogP contribution in [-0.2, 0) is 16.0 Å². The highest BCUT2D eigenvalue weighted by molar-refractivity contribution is 5.72. The van der Waals surface area contributed by atoms with E-state index in [2.05, 4.69) is 6.92 Å². The number of carbonyl (C=O) groups excluding carboxylic acids is 1. The first-order valence-corrected chi connectivity index (χ1v) is 9.52. The molecule has 1 aromatic rings. The molecule has 0 amide bonds. The van der Waals surface area contributed by atoms with Crippen molar-refractivity contribution >= 4 is 5.97 Å². The van der Waals surface area contributed by atoms with E-state index < -0.39 is 0 Å². The van der Waals surface area contributed by atoms with Gasteiger partial charge in [0.1, 0.15) is 0 Å². The molecule has 0 spiro atoms. The van der Waals surface area contributed by atoms with Crippen molar-refractivity contribution in [3.8, 4) is 0 Å². The Balaban J connectivity index is 1.83. The molecule has 0 aliphatic carbocycles. The van der Waals surface area contributed by atoms with Crippen molar-refractivity contribution < 1.29 is 9.53 Å². The molecule has 0 atom stereocenters. The van der Waals surface area contributed by atoms with E-state index in [0.717, 1.165) is 12.0 Å². The summed E-state index contributed by atoms with van der Waals surface area (Å²) in [5, 5.41) is 0. The topological polar surface area (TPSA) is 26.3 Å². The predicted molar refractivity (Wildman–Crippen MR) is 97.6 cm³/mol. The maximum absolute atomic E-state index is 11.7. The molecule has 0 bridgehead atoms. The van der Waals surface area contributed by atoms with Gasteiger partial charge in [0.15, 0.2) is 0 Å². The van der Waals surface area contributed by atoms with Crippen LogP contribution in [-0.4, -0.2) is 12.6 Å². The van der Waals surface area contributed by atoms with Crippen LogP contribution < -0.4 is 0 Å². The molecule has 0 aliphatic heterocycles. The first kappa shape index (κ1) is 19.7. The molecule has 2 heteroatoms. The smallest absolute Gasteiger partial charge is 0.310 e. The maximum Gasteiger partial charge on any atom is 0.310 e. The third-order valence-corrected chi connectivity index (χ3v) is 4.20. The predicted octanol–water partition coefficient (Wildman–Crippen LogP) is 6.08. The Morgan fingerprint density at radius 2 is 1.30 bits per heavy atom. The van der Waals surface area contributed by atoms with E-state index >= 15 is 0 Å². The second-order valence-electron chi connectivity index (χ2n) is 6.42. The average molecular weight is 319 g/mol. The minimum absolute atomic E-state index is 0.108. The molecule has 23 heavy (non-hydrogen) atoms. The Morgan fingerprint density at radius 3 is 1.87 bits per heavy atom. The van der Waals surface area contributed by atoms with Gasteiger partial charge < -0.3 is 4.74 Å². The lowest BCUT2D eigenvalue weighted by atomic mass is 10.1. The fraction of sp³-hybridized carbons (Fsp3) is 0.667. The van der Waals surface area contributed by atoms with Crippen LogP contribution in [0.4, 0.5) is 0 Å². The zero-order valence-electron chi connectivity index (χ0n) is 14.9. The number of esters is 1. The van der Waals surface area contributed by atoms with E-state index in [4.69, 9.17) is 4.74 Å². The molecule has 0 aliphatic rings. The zero-order valence-corrected chi connectivity index (χ0v) is 14.9. The van der Waals surface area contributed by atoms with E-state index in [-0.39, 0.29) is 5.97 Å². The summed E-state index contributed by atoms with van der Waals surface area (Å²) >= 11 is 0. The van der Waals surface area contributed by atoms with Gasteiger partial charge in [-0.1, -0.05) is 101 Å². The number of carbonyl (C=O) groups is 1. The van der Waals surface area contributed by atoms with E-state index in [1.54, 1.807) is 0 Å². The Hall–Kier alpha value is -1.31. The fourth-order valence-corrected chi connectivity index (χ4v) is 2.77. The van der Waals surface area contributed by atoms with Crippen LogP contribution in [0.15, 0.2) is 30.3 Å². The summed E-state index contributed by atoms with van der Waals surface area (Å²) in [5.74, 6) is -0.108. The SMILES string of the molecule is CCCCCCCCCCCCCOC(=O)Cc1ccccc1. The summed E-state index contributed by atoms with van der Waals surface area (Å²) in [5.41, 5.74) is 1.02. The van der Waals surface area contributed by atoms with Crippen LogP contribution in [0.1, 0.15) is 83.1 Å². The number of ether oxygens (including phenoxy) is 1. The van der Waals surface area contributed by atoms with Crippen molar-refractivity contribution in [2.75, 3.05) is 6.61 Å². The van der Waals surface area contributed by atoms with Crippen molar-refractivity contribution in [1.29, 1.82) is 0 Å². The molecule has 2 nitrogen and oxygen atoms in total. The summed E-state index contributed by atoms with van der Waals surface area (Å²) in [4.78, 5) is 11.7. The second-order valence-corrected chi connectivity index (χ2v) is 6.42. The molecule has 1 aromatic carbocycles. The van der Waals surface area contributed by atoms with Gasteiger partial charge in [0.05, 0.1) is 13.0 Å². The van der Waals surface area contributed by atoms with Crippen molar-refractivity contribution in [3.05, 3.63) is 35.9 Å². The Labute approximate surface area is 142 Å². The van der Waals surface area contributed by atoms with E-state index in [1.165, 1.54) is 64.2 Å². The summed E-state index contributed by atoms with van der Waals surface area (Å²) in [6.07, 6.45) is 14.8. The van der Waals surface area contributed by atoms with Crippen LogP contribution >= 0.6 is 0 Å². The third kappa shape index (κ3) is 11.9. The normalized spacial score (nSPS) is 10.7. The van der Waals surface area contributed by atoms with Gasteiger partial charge in [0.25, 0.3) is 0 Å². The minimum Gasteiger partial charge on any atom is -0.465 e. The number of unbranched alkanes of at least 4 members (excludes halogenated alkanes) is 10. The van der Waals surface area contributed by atoms with Crippen LogP contribution in [0.2, 0.25) is 0 Å². The lowest BCUT2D eigenvalue weighted by Gasteiger charge is -2.05. The molecule has 0 unspecified atom stereocenters. The minimum atomic E-state index is -0.108. The lowest BCUT2D eigenvalue weighted by molar-refractivity contribution is -0.142. The van der Waals surface area contributed by atoms with Crippen LogP contribution in [0.5, 0.6) is 0 Å². The molecule has 0 heterocycles. The van der Waals surface area contributed by atoms with E-state index in [0.29, 0.717) is 13.0 Å². The second kappa shape index (κ2) is 14.3. The van der Waals surface area contributed by atoms with Crippen molar-refractivity contribution in [3.63, 3.8) is 0 Å². The first-order chi connectivity index (χ1) is 11.3. The highest BCUT2D eigenvalue weighted by atomic mass is 16.5. The monoisotopic (exact) mass is 318 g/mol. The van der Waals surface area contributed by atoms with E-state index in [1.807, 2.05) is 30.3 Å². The zero-order chi connectivity index (χ0) is 16.6. The molecule has 0 aromatic heterocycles. The van der Waals surface area contributed by atoms with Crippen molar-refractivity contribution in [2.45, 2.75) is 84.0 Å². The van der Waals surface area contributed by atoms with Crippen molar-refractivity contribution in [2.24, 2.45) is 0 Å². The highest BCUT2D eigenvalue weighted by Crippen LogP contribution is 2.11. The molecule has 0 N–H and O–H groups in total. The summed E-state index contributed by atoms with van der Waals surface area (Å²) in [6.45, 7) is 2.83. The highest BCUT2D eigenvalue weighted by Gasteiger charge is 2.03. The van der Waals surface area contributed by atoms with Gasteiger partial charge in [0.2, 0.25) is 0 Å². The maximum atomic E-state index is 11.7. The molecular weight excluding hydrogens is 284 g/mol. The Kier molecular flexibility index (Phi) is 12.3. The molecule has 1 rings (SSSR count). The number of rotatable bonds is 14. The summed E-state index contributed by atoms with van der Waals surface area (Å²) < 4.78 is 5.29. The van der Waals surface area contributed by atoms with Gasteiger partial charge in [-0.2, -0.15) is 0 Å². The number of hydrogen-bond acceptors (Lipinski definition) is 2. The molecule has 0 saturated heterocycles. The van der Waals surface area contributed by atoms with Gasteiger partial charge in [-0.3, -0.25) is 4.79 Å². The fourth-order valence-electron chi connectivity index (χ4n) is 2.77. The Morgan fingerprint density at radius 1 is 0.783 bits per heavy atom. The van der Waals surface area contributed by atoms with Gasteiger partial charge in [0, 0.05) is 0 Å². The number of hydrogen-bond donors (Lipinski definition) is 0. The van der Waals surface area contributed by atoms with E-state index in [9.17, 15) is 4.79 Å². The summed E-state index contributed by atoms with van der Waals surface area (Å²) in [7, 11) is 0. The number of benzene rings is 1. The van der Waals surface area contributed by atoms with Crippen LogP contribution in [0.3, 0.4) is 0 Å². The van der Waals surface area contributed by atoms with Crippen molar-refractivity contribution in [1.82, 2.24) is 0 Å². The molecule has 0 fully saturated rings. The third-order valence-electron chi connectivity index (χ3n) is 4.20. The molecule has 0 saturated carbocycles. The van der Waals surface area contributed by atoms with Gasteiger partial charge in [-0.25, -0.2) is 0 Å². The molecule has 0 radical (unpaired) electrons. The lowest BCUT2D eigenvalue weighted by Crippen LogP contribution is -2.08. The Bertz CT molecular complexity index is 386. The van der Waals surface area contributed by atoms with Crippen LogP contribution in [0.25, 0.3) is 0 Å². The standard InChI is InChI=1S/C21H34O2/c1-2-3-4-5-6-7-8-9-10-11-15-18-23-21(22)19-20-16-13-12-14-17-20/h12-14,16-17H,2-11,15,18-19H2,1H3. The van der Waals surface area contributed by atoms with Gasteiger partial charge in [-0.05, 0) is 12.0 Å². The van der Waals surface area contributed by atoms with Gasteiger partial charge in [-0.15, -0.1) is 0 Å². The quantitative estimate of drug-likeness (QED) is 0.307. The molecular formula is C21H34O2. The first-order valence-electron chi connectivity index (χ1n) is 9.52. The largest absolute Gasteiger partial charge is 0.465 e. The van der Waals surface area contributed by atoms with Crippen LogP contribution in [0, 0.1) is 0 Å².